The summed E-state index contributed by atoms with van der Waals surface area (Å²) in [6.45, 7) is 2.10. The second kappa shape index (κ2) is 4.60. The lowest BCUT2D eigenvalue weighted by molar-refractivity contribution is -0.385. The first kappa shape index (κ1) is 11.1. The molecular weight excluding hydrogens is 222 g/mol. The number of hydrogen-bond donors (Lipinski definition) is 2. The van der Waals surface area contributed by atoms with Gasteiger partial charge in [0.1, 0.15) is 17.3 Å². The Morgan fingerprint density at radius 3 is 2.94 bits per heavy atom. The van der Waals surface area contributed by atoms with Crippen LogP contribution in [0.15, 0.2) is 24.5 Å². The molecule has 0 saturated heterocycles. The summed E-state index contributed by atoms with van der Waals surface area (Å²) in [5.74, 6) is 1.37. The molecular formula is C10H11N5O2. The maximum absolute atomic E-state index is 10.6. The lowest BCUT2D eigenvalue weighted by atomic mass is 10.3. The number of nitrogens with zero attached hydrogens (tertiary/aromatic N) is 3. The minimum Gasteiger partial charge on any atom is -0.363 e. The highest BCUT2D eigenvalue weighted by Crippen LogP contribution is 2.17. The number of aromatic nitrogens is 3. The van der Waals surface area contributed by atoms with Crippen molar-refractivity contribution in [2.75, 3.05) is 5.32 Å². The van der Waals surface area contributed by atoms with Crippen LogP contribution in [-0.2, 0) is 6.54 Å². The summed E-state index contributed by atoms with van der Waals surface area (Å²) in [7, 11) is 0. The first-order valence-corrected chi connectivity index (χ1v) is 5.01. The van der Waals surface area contributed by atoms with E-state index >= 15 is 0 Å². The first-order valence-electron chi connectivity index (χ1n) is 5.01. The minimum atomic E-state index is -0.446. The van der Waals surface area contributed by atoms with E-state index in [0.717, 1.165) is 5.82 Å². The van der Waals surface area contributed by atoms with Crippen molar-refractivity contribution < 1.29 is 4.92 Å². The van der Waals surface area contributed by atoms with E-state index in [-0.39, 0.29) is 5.69 Å². The fraction of sp³-hybridized carbons (Fsp3) is 0.200. The Bertz CT molecular complexity index is 523. The summed E-state index contributed by atoms with van der Waals surface area (Å²) in [5.41, 5.74) is 0.410. The number of aryl methyl sites for hydroxylation is 1. The Balaban J connectivity index is 2.07. The van der Waals surface area contributed by atoms with Gasteiger partial charge in [0.05, 0.1) is 11.5 Å². The average Bonchev–Trinajstić information content (AvgIpc) is 2.78. The van der Waals surface area contributed by atoms with E-state index in [9.17, 15) is 10.1 Å². The lowest BCUT2D eigenvalue weighted by Crippen LogP contribution is -2.04. The molecule has 0 aliphatic carbocycles. The molecule has 0 fully saturated rings. The molecule has 0 bridgehead atoms. The summed E-state index contributed by atoms with van der Waals surface area (Å²) in [4.78, 5) is 21.2. The van der Waals surface area contributed by atoms with Crippen LogP contribution < -0.4 is 5.32 Å². The Kier molecular flexibility index (Phi) is 2.99. The van der Waals surface area contributed by atoms with Crippen LogP contribution in [0, 0.1) is 17.0 Å². The van der Waals surface area contributed by atoms with Gasteiger partial charge in [0.15, 0.2) is 0 Å². The van der Waals surface area contributed by atoms with E-state index in [4.69, 9.17) is 0 Å². The van der Waals surface area contributed by atoms with Crippen LogP contribution in [0.1, 0.15) is 11.5 Å². The van der Waals surface area contributed by atoms with Gasteiger partial charge in [-0.2, -0.15) is 0 Å². The maximum Gasteiger partial charge on any atom is 0.290 e. The molecule has 0 atom stereocenters. The number of anilines is 1. The topological polar surface area (TPSA) is 96.7 Å². The summed E-state index contributed by atoms with van der Waals surface area (Å²) in [5, 5.41) is 13.6. The zero-order valence-corrected chi connectivity index (χ0v) is 9.17. The molecule has 0 aromatic carbocycles. The van der Waals surface area contributed by atoms with Crippen molar-refractivity contribution in [2.45, 2.75) is 13.5 Å². The fourth-order valence-corrected chi connectivity index (χ4v) is 1.41. The zero-order chi connectivity index (χ0) is 12.3. The van der Waals surface area contributed by atoms with Crippen LogP contribution in [0.25, 0.3) is 0 Å². The molecule has 88 valence electrons. The molecule has 2 aromatic heterocycles. The molecule has 0 unspecified atom stereocenters. The largest absolute Gasteiger partial charge is 0.363 e. The predicted molar refractivity (Wildman–Crippen MR) is 61.5 cm³/mol. The molecule has 2 rings (SSSR count). The van der Waals surface area contributed by atoms with Crippen molar-refractivity contribution in [2.24, 2.45) is 0 Å². The quantitative estimate of drug-likeness (QED) is 0.618. The molecule has 0 radical (unpaired) electrons. The summed E-state index contributed by atoms with van der Waals surface area (Å²) >= 11 is 0. The summed E-state index contributed by atoms with van der Waals surface area (Å²) in [6.07, 6.45) is 3.39. The van der Waals surface area contributed by atoms with E-state index in [2.05, 4.69) is 20.3 Å². The van der Waals surface area contributed by atoms with Gasteiger partial charge < -0.3 is 10.3 Å². The van der Waals surface area contributed by atoms with Gasteiger partial charge in [0, 0.05) is 18.5 Å². The Morgan fingerprint density at radius 2 is 2.35 bits per heavy atom. The molecule has 2 N–H and O–H groups in total. The van der Waals surface area contributed by atoms with Crippen molar-refractivity contribution >= 4 is 11.5 Å². The SMILES string of the molecule is Cc1nc(NCc2ncc[nH]2)ccc1[N+](=O)[O-]. The van der Waals surface area contributed by atoms with Gasteiger partial charge in [0.2, 0.25) is 0 Å². The lowest BCUT2D eigenvalue weighted by Gasteiger charge is -2.04. The molecule has 7 nitrogen and oxygen atoms in total. The number of pyridine rings is 1. The van der Waals surface area contributed by atoms with Crippen LogP contribution in [0.2, 0.25) is 0 Å². The number of nitro groups is 1. The van der Waals surface area contributed by atoms with E-state index in [1.807, 2.05) is 0 Å². The molecule has 2 heterocycles. The van der Waals surface area contributed by atoms with Gasteiger partial charge >= 0.3 is 0 Å². The van der Waals surface area contributed by atoms with Crippen LogP contribution in [0.4, 0.5) is 11.5 Å². The number of hydrogen-bond acceptors (Lipinski definition) is 5. The van der Waals surface area contributed by atoms with Crippen LogP contribution in [0.5, 0.6) is 0 Å². The van der Waals surface area contributed by atoms with Crippen molar-refractivity contribution in [3.8, 4) is 0 Å². The minimum absolute atomic E-state index is 0.0218. The van der Waals surface area contributed by atoms with E-state index in [1.54, 1.807) is 25.4 Å². The van der Waals surface area contributed by atoms with Gasteiger partial charge in [-0.25, -0.2) is 9.97 Å². The van der Waals surface area contributed by atoms with Gasteiger partial charge in [0.25, 0.3) is 5.69 Å². The molecule has 0 aliphatic rings. The highest BCUT2D eigenvalue weighted by atomic mass is 16.6. The maximum atomic E-state index is 10.6. The summed E-state index contributed by atoms with van der Waals surface area (Å²) < 4.78 is 0. The summed E-state index contributed by atoms with van der Waals surface area (Å²) in [6, 6.07) is 3.01. The van der Waals surface area contributed by atoms with Gasteiger partial charge in [-0.05, 0) is 13.0 Å². The Hall–Kier alpha value is -2.44. The van der Waals surface area contributed by atoms with Crippen molar-refractivity contribution in [1.29, 1.82) is 0 Å². The molecule has 0 aliphatic heterocycles. The Labute approximate surface area is 97.1 Å². The van der Waals surface area contributed by atoms with Crippen molar-refractivity contribution in [3.05, 3.63) is 46.2 Å². The molecule has 7 heteroatoms. The van der Waals surface area contributed by atoms with E-state index in [1.165, 1.54) is 6.07 Å². The fourth-order valence-electron chi connectivity index (χ4n) is 1.41. The van der Waals surface area contributed by atoms with Gasteiger partial charge in [-0.3, -0.25) is 10.1 Å². The number of aromatic amines is 1. The van der Waals surface area contributed by atoms with E-state index < -0.39 is 4.92 Å². The number of nitrogens with one attached hydrogen (secondary N) is 2. The third-order valence-corrected chi connectivity index (χ3v) is 2.25. The third kappa shape index (κ3) is 2.57. The second-order valence-corrected chi connectivity index (χ2v) is 3.45. The van der Waals surface area contributed by atoms with Gasteiger partial charge in [-0.1, -0.05) is 0 Å². The predicted octanol–water partition coefficient (Wildman–Crippen LogP) is 1.63. The zero-order valence-electron chi connectivity index (χ0n) is 9.17. The van der Waals surface area contributed by atoms with Crippen LogP contribution in [0.3, 0.4) is 0 Å². The number of H-pyrrole nitrogens is 1. The normalized spacial score (nSPS) is 10.2. The second-order valence-electron chi connectivity index (χ2n) is 3.45. The molecule has 0 spiro atoms. The third-order valence-electron chi connectivity index (χ3n) is 2.25. The van der Waals surface area contributed by atoms with Gasteiger partial charge in [-0.15, -0.1) is 0 Å². The monoisotopic (exact) mass is 233 g/mol. The molecule has 0 saturated carbocycles. The standard InChI is InChI=1S/C10H11N5O2/c1-7-8(15(16)17)2-3-9(14-7)13-6-10-11-4-5-12-10/h2-5H,6H2,1H3,(H,11,12)(H,13,14). The highest BCUT2D eigenvalue weighted by Gasteiger charge is 2.11. The van der Waals surface area contributed by atoms with Crippen molar-refractivity contribution in [3.63, 3.8) is 0 Å². The van der Waals surface area contributed by atoms with Crippen molar-refractivity contribution in [1.82, 2.24) is 15.0 Å². The molecule has 17 heavy (non-hydrogen) atoms. The average molecular weight is 233 g/mol. The smallest absolute Gasteiger partial charge is 0.290 e. The van der Waals surface area contributed by atoms with Crippen LogP contribution >= 0.6 is 0 Å². The highest BCUT2D eigenvalue weighted by molar-refractivity contribution is 5.44. The number of rotatable bonds is 4. The number of imidazole rings is 1. The molecule has 0 amide bonds. The van der Waals surface area contributed by atoms with Crippen LogP contribution in [-0.4, -0.2) is 19.9 Å². The first-order chi connectivity index (χ1) is 8.16. The Morgan fingerprint density at radius 1 is 1.53 bits per heavy atom. The molecule has 2 aromatic rings. The van der Waals surface area contributed by atoms with E-state index in [0.29, 0.717) is 18.1 Å².